The minimum absolute atomic E-state index is 0.280. The smallest absolute Gasteiger partial charge is 0.0995 e. The van der Waals surface area contributed by atoms with Gasteiger partial charge >= 0.3 is 0 Å². The molecule has 3 heteroatoms. The first kappa shape index (κ1) is 12.0. The van der Waals surface area contributed by atoms with E-state index in [2.05, 4.69) is 63.8 Å². The molecule has 0 saturated carbocycles. The second kappa shape index (κ2) is 4.23. The summed E-state index contributed by atoms with van der Waals surface area (Å²) in [5, 5.41) is 0. The second-order valence-corrected chi connectivity index (χ2v) is 6.23. The van der Waals surface area contributed by atoms with Gasteiger partial charge in [-0.3, -0.25) is 4.57 Å². The number of aromatic nitrogens is 2. The molecule has 5 rings (SSSR count). The Bertz CT molecular complexity index is 878. The van der Waals surface area contributed by atoms with Gasteiger partial charge < -0.3 is 4.90 Å². The van der Waals surface area contributed by atoms with Crippen LogP contribution in [0.3, 0.4) is 0 Å². The van der Waals surface area contributed by atoms with Crippen LogP contribution in [-0.4, -0.2) is 16.1 Å². The van der Waals surface area contributed by atoms with Crippen LogP contribution in [0, 0.1) is 6.92 Å². The van der Waals surface area contributed by atoms with Gasteiger partial charge in [0.1, 0.15) is 0 Å². The molecular weight excluding hydrogens is 270 g/mol. The molecule has 1 unspecified atom stereocenters. The molecule has 0 aliphatic carbocycles. The summed E-state index contributed by atoms with van der Waals surface area (Å²) in [4.78, 5) is 6.97. The van der Waals surface area contributed by atoms with Crippen molar-refractivity contribution in [3.8, 4) is 5.69 Å². The highest BCUT2D eigenvalue weighted by molar-refractivity contribution is 5.70. The Balaban J connectivity index is 1.81. The summed E-state index contributed by atoms with van der Waals surface area (Å²) >= 11 is 0. The number of hydrogen-bond acceptors (Lipinski definition) is 2. The van der Waals surface area contributed by atoms with Crippen LogP contribution in [0.25, 0.3) is 5.69 Å². The first-order chi connectivity index (χ1) is 10.8. The van der Waals surface area contributed by atoms with E-state index in [9.17, 15) is 0 Å². The molecule has 108 valence electrons. The summed E-state index contributed by atoms with van der Waals surface area (Å²) in [6.45, 7) is 3.21. The summed E-state index contributed by atoms with van der Waals surface area (Å²) in [6.07, 6.45) is 5.07. The van der Waals surface area contributed by atoms with Crippen LogP contribution >= 0.6 is 0 Å². The number of benzene rings is 2. The van der Waals surface area contributed by atoms with Crippen LogP contribution in [0.15, 0.2) is 55.0 Å². The number of anilines is 1. The Morgan fingerprint density at radius 1 is 1.09 bits per heavy atom. The molecule has 2 aliphatic rings. The van der Waals surface area contributed by atoms with Crippen molar-refractivity contribution in [3.63, 3.8) is 0 Å². The first-order valence-electron chi connectivity index (χ1n) is 7.80. The summed E-state index contributed by atoms with van der Waals surface area (Å²) < 4.78 is 2.26. The molecule has 1 atom stereocenters. The van der Waals surface area contributed by atoms with E-state index in [1.165, 1.54) is 33.8 Å². The Morgan fingerprint density at radius 3 is 2.95 bits per heavy atom. The van der Waals surface area contributed by atoms with Crippen molar-refractivity contribution in [2.45, 2.75) is 19.4 Å². The van der Waals surface area contributed by atoms with Gasteiger partial charge in [-0.1, -0.05) is 30.3 Å². The fraction of sp³-hybridized carbons (Fsp3) is 0.211. The maximum atomic E-state index is 4.43. The number of fused-ring (bicyclic) bond motifs is 8. The molecule has 0 bridgehead atoms. The van der Waals surface area contributed by atoms with Gasteiger partial charge in [-0.15, -0.1) is 0 Å². The Hall–Kier alpha value is -2.55. The molecule has 3 aromatic rings. The third-order valence-electron chi connectivity index (χ3n) is 4.93. The third-order valence-corrected chi connectivity index (χ3v) is 4.93. The number of aryl methyl sites for hydroxylation is 1. The van der Waals surface area contributed by atoms with E-state index < -0.39 is 0 Å². The van der Waals surface area contributed by atoms with Crippen LogP contribution in [0.5, 0.6) is 0 Å². The first-order valence-corrected chi connectivity index (χ1v) is 7.80. The molecule has 3 heterocycles. The number of rotatable bonds is 0. The maximum Gasteiger partial charge on any atom is 0.0995 e. The summed E-state index contributed by atoms with van der Waals surface area (Å²) in [5.41, 5.74) is 8.01. The molecule has 0 amide bonds. The molecule has 2 aliphatic heterocycles. The molecule has 3 nitrogen and oxygen atoms in total. The van der Waals surface area contributed by atoms with E-state index in [1.807, 2.05) is 12.5 Å². The molecule has 22 heavy (non-hydrogen) atoms. The molecule has 0 saturated heterocycles. The largest absolute Gasteiger partial charge is 0.357 e. The monoisotopic (exact) mass is 287 g/mol. The van der Waals surface area contributed by atoms with Gasteiger partial charge in [0.05, 0.1) is 35.6 Å². The highest BCUT2D eigenvalue weighted by atomic mass is 15.3. The van der Waals surface area contributed by atoms with Gasteiger partial charge in [0.2, 0.25) is 0 Å². The third kappa shape index (κ3) is 1.48. The molecular formula is C19H17N3. The zero-order valence-corrected chi connectivity index (χ0v) is 12.5. The fourth-order valence-electron chi connectivity index (χ4n) is 3.92. The van der Waals surface area contributed by atoms with Crippen molar-refractivity contribution in [2.24, 2.45) is 0 Å². The predicted octanol–water partition coefficient (Wildman–Crippen LogP) is 3.65. The van der Waals surface area contributed by atoms with E-state index in [4.69, 9.17) is 0 Å². The lowest BCUT2D eigenvalue weighted by atomic mass is 9.88. The van der Waals surface area contributed by atoms with E-state index in [1.54, 1.807) is 0 Å². The van der Waals surface area contributed by atoms with Crippen molar-refractivity contribution < 1.29 is 0 Å². The molecule has 1 aromatic heterocycles. The van der Waals surface area contributed by atoms with Crippen molar-refractivity contribution >= 4 is 5.69 Å². The van der Waals surface area contributed by atoms with E-state index >= 15 is 0 Å². The summed E-state index contributed by atoms with van der Waals surface area (Å²) in [6, 6.07) is 15.8. The fourth-order valence-corrected chi connectivity index (χ4v) is 3.92. The summed E-state index contributed by atoms with van der Waals surface area (Å²) in [5.74, 6) is 0. The standard InChI is InChI=1S/C19H17N3/c1-13-6-7-16-17(10-13)22-12-20-11-18(22)19-15-5-3-2-4-14(15)8-9-21(16)19/h2-7,10-12,19H,8-9H2,1H3. The maximum absolute atomic E-state index is 4.43. The Kier molecular flexibility index (Phi) is 2.31. The zero-order chi connectivity index (χ0) is 14.7. The minimum atomic E-state index is 0.280. The minimum Gasteiger partial charge on any atom is -0.357 e. The Morgan fingerprint density at radius 2 is 2.00 bits per heavy atom. The quantitative estimate of drug-likeness (QED) is 0.629. The molecule has 0 radical (unpaired) electrons. The SMILES string of the molecule is Cc1ccc2c(c1)-n1cncc1C1c3ccccc3CCN21. The zero-order valence-electron chi connectivity index (χ0n) is 12.5. The molecule has 0 spiro atoms. The molecule has 2 aromatic carbocycles. The lowest BCUT2D eigenvalue weighted by molar-refractivity contribution is 0.610. The molecule has 0 N–H and O–H groups in total. The lowest BCUT2D eigenvalue weighted by Gasteiger charge is -2.43. The van der Waals surface area contributed by atoms with Crippen molar-refractivity contribution in [1.82, 2.24) is 9.55 Å². The van der Waals surface area contributed by atoms with Crippen molar-refractivity contribution in [3.05, 3.63) is 77.4 Å². The number of nitrogens with zero attached hydrogens (tertiary/aromatic N) is 3. The topological polar surface area (TPSA) is 21.1 Å². The normalized spacial score (nSPS) is 18.2. The van der Waals surface area contributed by atoms with Crippen LogP contribution < -0.4 is 4.90 Å². The number of hydrogen-bond donors (Lipinski definition) is 0. The summed E-state index contributed by atoms with van der Waals surface area (Å²) in [7, 11) is 0. The molecule has 0 fully saturated rings. The van der Waals surface area contributed by atoms with E-state index in [0.717, 1.165) is 13.0 Å². The number of imidazole rings is 1. The van der Waals surface area contributed by atoms with Crippen molar-refractivity contribution in [1.29, 1.82) is 0 Å². The van der Waals surface area contributed by atoms with Gasteiger partial charge in [-0.2, -0.15) is 0 Å². The van der Waals surface area contributed by atoms with Crippen molar-refractivity contribution in [2.75, 3.05) is 11.4 Å². The van der Waals surface area contributed by atoms with Gasteiger partial charge in [-0.25, -0.2) is 4.98 Å². The highest BCUT2D eigenvalue weighted by Gasteiger charge is 2.36. The lowest BCUT2D eigenvalue weighted by Crippen LogP contribution is -2.40. The second-order valence-electron chi connectivity index (χ2n) is 6.23. The van der Waals surface area contributed by atoms with Crippen LogP contribution in [0.2, 0.25) is 0 Å². The highest BCUT2D eigenvalue weighted by Crippen LogP contribution is 2.44. The van der Waals surface area contributed by atoms with Gasteiger partial charge in [0.25, 0.3) is 0 Å². The average Bonchev–Trinajstić information content (AvgIpc) is 3.04. The van der Waals surface area contributed by atoms with Gasteiger partial charge in [0.15, 0.2) is 0 Å². The Labute approximate surface area is 129 Å². The average molecular weight is 287 g/mol. The van der Waals surface area contributed by atoms with Crippen LogP contribution in [0.1, 0.15) is 28.4 Å². The van der Waals surface area contributed by atoms with E-state index in [0.29, 0.717) is 0 Å². The van der Waals surface area contributed by atoms with Crippen LogP contribution in [0.4, 0.5) is 5.69 Å². The van der Waals surface area contributed by atoms with Gasteiger partial charge in [-0.05, 0) is 42.2 Å². The van der Waals surface area contributed by atoms with Gasteiger partial charge in [0, 0.05) is 6.54 Å². The van der Waals surface area contributed by atoms with E-state index in [-0.39, 0.29) is 6.04 Å². The predicted molar refractivity (Wildman–Crippen MR) is 87.6 cm³/mol. The van der Waals surface area contributed by atoms with Crippen LogP contribution in [-0.2, 0) is 6.42 Å².